The zero-order valence-electron chi connectivity index (χ0n) is 11.7. The number of pyridine rings is 2. The van der Waals surface area contributed by atoms with E-state index < -0.39 is 0 Å². The summed E-state index contributed by atoms with van der Waals surface area (Å²) >= 11 is 0. The molecule has 2 aromatic heterocycles. The van der Waals surface area contributed by atoms with Crippen LogP contribution in [0.3, 0.4) is 0 Å². The highest BCUT2D eigenvalue weighted by molar-refractivity contribution is 5.78. The summed E-state index contributed by atoms with van der Waals surface area (Å²) in [5.74, 6) is 0. The summed E-state index contributed by atoms with van der Waals surface area (Å²) in [6, 6.07) is 15.4. The molecule has 0 atom stereocenters. The Bertz CT molecular complexity index is 781. The van der Waals surface area contributed by atoms with E-state index in [1.54, 1.807) is 12.3 Å². The first kappa shape index (κ1) is 13.5. The molecule has 3 aromatic rings. The van der Waals surface area contributed by atoms with E-state index in [1.807, 2.05) is 53.2 Å². The van der Waals surface area contributed by atoms with Crippen molar-refractivity contribution in [3.63, 3.8) is 0 Å². The van der Waals surface area contributed by atoms with Crippen molar-refractivity contribution in [2.24, 2.45) is 0 Å². The summed E-state index contributed by atoms with van der Waals surface area (Å²) in [7, 11) is 0. The summed E-state index contributed by atoms with van der Waals surface area (Å²) in [5.41, 5.74) is 2.16. The van der Waals surface area contributed by atoms with E-state index in [1.165, 1.54) is 0 Å². The number of nitrogens with one attached hydrogen (secondary N) is 1. The number of hydrogen-bond acceptors (Lipinski definition) is 3. The largest absolute Gasteiger partial charge is 0.311 e. The minimum Gasteiger partial charge on any atom is -0.311 e. The van der Waals surface area contributed by atoms with E-state index in [0.29, 0.717) is 6.54 Å². The van der Waals surface area contributed by atoms with Gasteiger partial charge in [-0.3, -0.25) is 9.78 Å². The fourth-order valence-electron chi connectivity index (χ4n) is 2.40. The smallest absolute Gasteiger partial charge is 0.251 e. The average Bonchev–Trinajstić information content (AvgIpc) is 2.54. The van der Waals surface area contributed by atoms with Crippen LogP contribution in [0, 0.1) is 0 Å². The van der Waals surface area contributed by atoms with Gasteiger partial charge in [-0.2, -0.15) is 0 Å². The van der Waals surface area contributed by atoms with Gasteiger partial charge in [0.15, 0.2) is 0 Å². The second-order valence-corrected chi connectivity index (χ2v) is 4.92. The molecule has 0 amide bonds. The number of fused-ring (bicyclic) bond motifs is 1. The lowest BCUT2D eigenvalue weighted by Gasteiger charge is -2.10. The van der Waals surface area contributed by atoms with Crippen LogP contribution in [0.25, 0.3) is 10.9 Å². The van der Waals surface area contributed by atoms with Crippen LogP contribution in [0.4, 0.5) is 0 Å². The first-order valence-electron chi connectivity index (χ1n) is 7.03. The van der Waals surface area contributed by atoms with Crippen molar-refractivity contribution in [1.29, 1.82) is 0 Å². The summed E-state index contributed by atoms with van der Waals surface area (Å²) < 4.78 is 1.81. The van der Waals surface area contributed by atoms with Gasteiger partial charge in [-0.25, -0.2) is 0 Å². The van der Waals surface area contributed by atoms with Gasteiger partial charge in [0.1, 0.15) is 0 Å². The molecule has 3 rings (SSSR count). The van der Waals surface area contributed by atoms with Crippen LogP contribution in [0.15, 0.2) is 65.7 Å². The fraction of sp³-hybridized carbons (Fsp3) is 0.176. The van der Waals surface area contributed by atoms with Gasteiger partial charge < -0.3 is 9.88 Å². The van der Waals surface area contributed by atoms with Crippen LogP contribution in [-0.2, 0) is 13.1 Å². The van der Waals surface area contributed by atoms with Gasteiger partial charge in [0.25, 0.3) is 5.56 Å². The highest BCUT2D eigenvalue weighted by Gasteiger charge is 2.01. The predicted octanol–water partition coefficient (Wildman–Crippen LogP) is 2.19. The van der Waals surface area contributed by atoms with Crippen molar-refractivity contribution in [3.05, 3.63) is 76.8 Å². The van der Waals surface area contributed by atoms with Crippen LogP contribution in [0.1, 0.15) is 5.56 Å². The molecule has 0 spiro atoms. The zero-order chi connectivity index (χ0) is 14.5. The van der Waals surface area contributed by atoms with Crippen molar-refractivity contribution in [2.75, 3.05) is 6.54 Å². The Balaban J connectivity index is 1.68. The quantitative estimate of drug-likeness (QED) is 0.728. The molecule has 4 heteroatoms. The van der Waals surface area contributed by atoms with E-state index in [-0.39, 0.29) is 5.56 Å². The molecule has 0 saturated carbocycles. The monoisotopic (exact) mass is 279 g/mol. The average molecular weight is 279 g/mol. The lowest BCUT2D eigenvalue weighted by molar-refractivity contribution is 0.597. The topological polar surface area (TPSA) is 46.9 Å². The van der Waals surface area contributed by atoms with Gasteiger partial charge >= 0.3 is 0 Å². The third-order valence-electron chi connectivity index (χ3n) is 3.46. The first-order valence-corrected chi connectivity index (χ1v) is 7.03. The predicted molar refractivity (Wildman–Crippen MR) is 84.2 cm³/mol. The maximum Gasteiger partial charge on any atom is 0.251 e. The lowest BCUT2D eigenvalue weighted by atomic mass is 10.2. The van der Waals surface area contributed by atoms with Gasteiger partial charge in [-0.15, -0.1) is 0 Å². The van der Waals surface area contributed by atoms with Gasteiger partial charge in [0.05, 0.1) is 5.52 Å². The van der Waals surface area contributed by atoms with Crippen LogP contribution in [0.2, 0.25) is 0 Å². The van der Waals surface area contributed by atoms with E-state index in [9.17, 15) is 4.79 Å². The molecule has 0 radical (unpaired) electrons. The number of hydrogen-bond donors (Lipinski definition) is 1. The summed E-state index contributed by atoms with van der Waals surface area (Å²) in [4.78, 5) is 16.1. The molecular formula is C17H17N3O. The number of para-hydroxylation sites is 1. The molecule has 0 fully saturated rings. The highest BCUT2D eigenvalue weighted by Crippen LogP contribution is 2.10. The minimum absolute atomic E-state index is 0.0388. The Morgan fingerprint density at radius 2 is 1.95 bits per heavy atom. The molecule has 0 saturated heterocycles. The molecule has 0 unspecified atom stereocenters. The van der Waals surface area contributed by atoms with E-state index >= 15 is 0 Å². The van der Waals surface area contributed by atoms with Gasteiger partial charge in [-0.05, 0) is 29.1 Å². The Morgan fingerprint density at radius 1 is 1.05 bits per heavy atom. The molecule has 2 heterocycles. The van der Waals surface area contributed by atoms with Crippen LogP contribution in [0.5, 0.6) is 0 Å². The second-order valence-electron chi connectivity index (χ2n) is 4.92. The van der Waals surface area contributed by atoms with Crippen LogP contribution in [-0.4, -0.2) is 16.1 Å². The second kappa shape index (κ2) is 6.33. The fourth-order valence-corrected chi connectivity index (χ4v) is 2.40. The molecule has 0 bridgehead atoms. The molecule has 21 heavy (non-hydrogen) atoms. The number of nitrogens with zero attached hydrogens (tertiary/aromatic N) is 2. The molecule has 0 aliphatic carbocycles. The minimum atomic E-state index is 0.0388. The van der Waals surface area contributed by atoms with Crippen LogP contribution >= 0.6 is 0 Å². The molecule has 1 aromatic carbocycles. The van der Waals surface area contributed by atoms with E-state index in [2.05, 4.69) is 10.3 Å². The first-order chi connectivity index (χ1) is 10.3. The molecule has 0 aliphatic rings. The van der Waals surface area contributed by atoms with Crippen molar-refractivity contribution in [3.8, 4) is 0 Å². The van der Waals surface area contributed by atoms with Gasteiger partial charge in [-0.1, -0.05) is 24.3 Å². The number of benzene rings is 1. The standard InChI is InChI=1S/C17H17N3O/c21-17-8-7-15-5-1-2-6-16(15)20(17)11-10-19-13-14-4-3-9-18-12-14/h1-9,12,19H,10-11,13H2. The number of rotatable bonds is 5. The van der Waals surface area contributed by atoms with Gasteiger partial charge in [0.2, 0.25) is 0 Å². The summed E-state index contributed by atoms with van der Waals surface area (Å²) in [5, 5.41) is 4.43. The van der Waals surface area contributed by atoms with Crippen molar-refractivity contribution < 1.29 is 0 Å². The SMILES string of the molecule is O=c1ccc2ccccc2n1CCNCc1cccnc1. The maximum absolute atomic E-state index is 12.0. The summed E-state index contributed by atoms with van der Waals surface area (Å²) in [6.07, 6.45) is 3.61. The van der Waals surface area contributed by atoms with Gasteiger partial charge in [0, 0.05) is 38.1 Å². The van der Waals surface area contributed by atoms with E-state index in [0.717, 1.165) is 29.6 Å². The van der Waals surface area contributed by atoms with Crippen molar-refractivity contribution in [1.82, 2.24) is 14.9 Å². The molecule has 4 nitrogen and oxygen atoms in total. The zero-order valence-corrected chi connectivity index (χ0v) is 11.7. The molecule has 1 N–H and O–H groups in total. The van der Waals surface area contributed by atoms with E-state index in [4.69, 9.17) is 0 Å². The Kier molecular flexibility index (Phi) is 4.07. The van der Waals surface area contributed by atoms with Crippen molar-refractivity contribution in [2.45, 2.75) is 13.1 Å². The third-order valence-corrected chi connectivity index (χ3v) is 3.46. The van der Waals surface area contributed by atoms with Crippen LogP contribution < -0.4 is 10.9 Å². The summed E-state index contributed by atoms with van der Waals surface area (Å²) in [6.45, 7) is 2.15. The normalized spacial score (nSPS) is 10.9. The lowest BCUT2D eigenvalue weighted by Crippen LogP contribution is -2.26. The third kappa shape index (κ3) is 3.17. The Labute approximate surface area is 123 Å². The Hall–Kier alpha value is -2.46. The Morgan fingerprint density at radius 3 is 2.81 bits per heavy atom. The molecular weight excluding hydrogens is 262 g/mol. The highest BCUT2D eigenvalue weighted by atomic mass is 16.1. The van der Waals surface area contributed by atoms with Crippen molar-refractivity contribution >= 4 is 10.9 Å². The molecule has 0 aliphatic heterocycles. The number of aromatic nitrogens is 2. The maximum atomic E-state index is 12.0. The molecule has 106 valence electrons.